The molecule has 1 saturated heterocycles. The lowest BCUT2D eigenvalue weighted by molar-refractivity contribution is -0.0754. The molecule has 0 aromatic carbocycles. The molecule has 1 spiro atoms. The number of rotatable bonds is 2. The van der Waals surface area contributed by atoms with Crippen molar-refractivity contribution in [2.75, 3.05) is 13.1 Å². The summed E-state index contributed by atoms with van der Waals surface area (Å²) < 4.78 is 4.63. The van der Waals surface area contributed by atoms with Crippen molar-refractivity contribution in [2.45, 2.75) is 69.4 Å². The highest BCUT2D eigenvalue weighted by molar-refractivity contribution is 7.80. The molecule has 140 valence electrons. The van der Waals surface area contributed by atoms with Crippen LogP contribution >= 0.6 is 12.2 Å². The predicted octanol–water partition coefficient (Wildman–Crippen LogP) is 2.88. The normalized spacial score (nSPS) is 24.0. The van der Waals surface area contributed by atoms with E-state index >= 15 is 0 Å². The summed E-state index contributed by atoms with van der Waals surface area (Å²) in [7, 11) is 0. The molecule has 0 amide bonds. The van der Waals surface area contributed by atoms with Gasteiger partial charge in [0.25, 0.3) is 0 Å². The van der Waals surface area contributed by atoms with E-state index in [-0.39, 0.29) is 5.88 Å². The highest BCUT2D eigenvalue weighted by Gasteiger charge is 2.40. The zero-order chi connectivity index (χ0) is 17.7. The molecule has 2 fully saturated rings. The lowest BCUT2D eigenvalue weighted by Gasteiger charge is -2.38. The van der Waals surface area contributed by atoms with E-state index in [2.05, 4.69) is 20.4 Å². The average molecular weight is 369 g/mol. The van der Waals surface area contributed by atoms with E-state index in [1.165, 1.54) is 44.9 Å². The molecule has 2 aliphatic heterocycles. The van der Waals surface area contributed by atoms with Crippen molar-refractivity contribution in [3.63, 3.8) is 0 Å². The van der Waals surface area contributed by atoms with Gasteiger partial charge < -0.3 is 20.1 Å². The highest BCUT2D eigenvalue weighted by Crippen LogP contribution is 2.32. The van der Waals surface area contributed by atoms with Gasteiger partial charge in [-0.15, -0.1) is 0 Å². The fourth-order valence-electron chi connectivity index (χ4n) is 3.80. The molecule has 3 N–H and O–H groups in total. The van der Waals surface area contributed by atoms with Crippen molar-refractivity contribution in [3.05, 3.63) is 12.0 Å². The number of nitrogens with zero attached hydrogens (tertiary/aromatic N) is 1. The first kappa shape index (κ1) is 18.3. The minimum absolute atomic E-state index is 0.149. The average Bonchev–Trinajstić information content (AvgIpc) is 2.92. The van der Waals surface area contributed by atoms with Crippen molar-refractivity contribution >= 4 is 23.5 Å². The first-order chi connectivity index (χ1) is 12.1. The summed E-state index contributed by atoms with van der Waals surface area (Å²) in [6, 6.07) is 0.489. The molecule has 0 unspecified atom stereocenters. The van der Waals surface area contributed by atoms with Crippen LogP contribution in [-0.2, 0) is 9.57 Å². The molecule has 0 radical (unpaired) electrons. The van der Waals surface area contributed by atoms with Crippen LogP contribution in [0.3, 0.4) is 0 Å². The van der Waals surface area contributed by atoms with Crippen LogP contribution in [0.2, 0.25) is 0 Å². The molecular weight excluding hydrogens is 342 g/mol. The number of ether oxygens (including phenoxy) is 1. The Hall–Kier alpha value is -1.54. The van der Waals surface area contributed by atoms with Gasteiger partial charge in [-0.3, -0.25) is 4.84 Å². The third-order valence-corrected chi connectivity index (χ3v) is 5.65. The molecule has 3 rings (SSSR count). The number of likely N-dealkylation sites (tertiary alicyclic amines) is 1. The van der Waals surface area contributed by atoms with Crippen LogP contribution in [0.4, 0.5) is 4.79 Å². The van der Waals surface area contributed by atoms with E-state index in [1.807, 2.05) is 0 Å². The summed E-state index contributed by atoms with van der Waals surface area (Å²) in [5, 5.41) is 13.1. The standard InChI is InChI=1S/C17H27N3O4S/c21-16(22)23-14-12-17(24-19-14)8-10-20(11-9-17)15(25)18-13-6-4-2-1-3-5-7-13/h12-13,19H,1-11H2,(H,18,25)(H,21,22). The number of carbonyl (C=O) groups is 1. The van der Waals surface area contributed by atoms with Crippen LogP contribution in [0.15, 0.2) is 12.0 Å². The van der Waals surface area contributed by atoms with Gasteiger partial charge in [-0.05, 0) is 25.1 Å². The second-order valence-corrected chi connectivity index (χ2v) is 7.51. The van der Waals surface area contributed by atoms with E-state index < -0.39 is 11.8 Å². The van der Waals surface area contributed by atoms with Gasteiger partial charge in [0, 0.05) is 38.0 Å². The smallest absolute Gasteiger partial charge is 0.449 e. The molecule has 7 nitrogen and oxygen atoms in total. The SMILES string of the molecule is O=C(O)OC1=CC2(CCN(C(=S)NC3CCCCCCC3)CC2)ON1. The second-order valence-electron chi connectivity index (χ2n) is 7.12. The van der Waals surface area contributed by atoms with Crippen LogP contribution in [0.5, 0.6) is 0 Å². The minimum atomic E-state index is -1.35. The monoisotopic (exact) mass is 369 g/mol. The molecule has 1 aliphatic carbocycles. The first-order valence-electron chi connectivity index (χ1n) is 9.19. The van der Waals surface area contributed by atoms with Crippen LogP contribution in [0, 0.1) is 0 Å². The molecule has 0 atom stereocenters. The Morgan fingerprint density at radius 1 is 1.28 bits per heavy atom. The van der Waals surface area contributed by atoms with Gasteiger partial charge in [-0.1, -0.05) is 32.1 Å². The van der Waals surface area contributed by atoms with Crippen molar-refractivity contribution in [1.82, 2.24) is 15.7 Å². The zero-order valence-electron chi connectivity index (χ0n) is 14.5. The van der Waals surface area contributed by atoms with Crippen molar-refractivity contribution in [3.8, 4) is 0 Å². The lowest BCUT2D eigenvalue weighted by Crippen LogP contribution is -2.51. The van der Waals surface area contributed by atoms with Gasteiger partial charge in [0.15, 0.2) is 5.11 Å². The Bertz CT molecular complexity index is 524. The molecule has 1 saturated carbocycles. The molecule has 25 heavy (non-hydrogen) atoms. The molecule has 0 bridgehead atoms. The van der Waals surface area contributed by atoms with E-state index in [0.29, 0.717) is 6.04 Å². The van der Waals surface area contributed by atoms with Gasteiger partial charge in [-0.25, -0.2) is 10.3 Å². The number of piperidine rings is 1. The van der Waals surface area contributed by atoms with Gasteiger partial charge in [-0.2, -0.15) is 0 Å². The molecule has 2 heterocycles. The van der Waals surface area contributed by atoms with E-state index in [0.717, 1.165) is 31.0 Å². The number of carboxylic acid groups (broad SMARTS) is 1. The summed E-state index contributed by atoms with van der Waals surface area (Å²) in [5.74, 6) is 0.149. The maximum atomic E-state index is 10.6. The van der Waals surface area contributed by atoms with Gasteiger partial charge in [0.2, 0.25) is 5.88 Å². The Morgan fingerprint density at radius 3 is 2.56 bits per heavy atom. The fraction of sp³-hybridized carbons (Fsp3) is 0.765. The summed E-state index contributed by atoms with van der Waals surface area (Å²) in [5.41, 5.74) is 2.06. The van der Waals surface area contributed by atoms with Gasteiger partial charge in [0.1, 0.15) is 5.60 Å². The topological polar surface area (TPSA) is 83.1 Å². The number of hydroxylamine groups is 1. The summed E-state index contributed by atoms with van der Waals surface area (Å²) in [6.07, 6.45) is 10.8. The third-order valence-electron chi connectivity index (χ3n) is 5.28. The number of nitrogens with one attached hydrogen (secondary N) is 2. The summed E-state index contributed by atoms with van der Waals surface area (Å²) in [6.45, 7) is 1.55. The number of thiocarbonyl (C=S) groups is 1. The largest absolute Gasteiger partial charge is 0.512 e. The third kappa shape index (κ3) is 4.98. The van der Waals surface area contributed by atoms with Crippen LogP contribution < -0.4 is 10.8 Å². The van der Waals surface area contributed by atoms with Crippen molar-refractivity contribution in [1.29, 1.82) is 0 Å². The quantitative estimate of drug-likeness (QED) is 0.506. The fourth-order valence-corrected chi connectivity index (χ4v) is 4.14. The number of hydrogen-bond donors (Lipinski definition) is 3. The van der Waals surface area contributed by atoms with E-state index in [1.54, 1.807) is 6.08 Å². The van der Waals surface area contributed by atoms with E-state index in [9.17, 15) is 4.79 Å². The van der Waals surface area contributed by atoms with Crippen LogP contribution in [-0.4, -0.2) is 46.0 Å². The predicted molar refractivity (Wildman–Crippen MR) is 96.8 cm³/mol. The Kier molecular flexibility index (Phi) is 6.01. The van der Waals surface area contributed by atoms with Crippen molar-refractivity contribution in [2.24, 2.45) is 0 Å². The Morgan fingerprint density at radius 2 is 1.92 bits per heavy atom. The summed E-state index contributed by atoms with van der Waals surface area (Å²) >= 11 is 5.62. The Labute approximate surface area is 153 Å². The number of hydrogen-bond acceptors (Lipinski definition) is 5. The van der Waals surface area contributed by atoms with Gasteiger partial charge in [0.05, 0.1) is 0 Å². The Balaban J connectivity index is 1.47. The first-order valence-corrected chi connectivity index (χ1v) is 9.60. The molecule has 8 heteroatoms. The molecule has 0 aromatic rings. The highest BCUT2D eigenvalue weighted by atomic mass is 32.1. The van der Waals surface area contributed by atoms with Crippen LogP contribution in [0.1, 0.15) is 57.8 Å². The lowest BCUT2D eigenvalue weighted by atomic mass is 9.91. The maximum Gasteiger partial charge on any atom is 0.512 e. The van der Waals surface area contributed by atoms with E-state index in [4.69, 9.17) is 22.2 Å². The van der Waals surface area contributed by atoms with Gasteiger partial charge >= 0.3 is 6.16 Å². The molecular formula is C17H27N3O4S. The zero-order valence-corrected chi connectivity index (χ0v) is 15.3. The van der Waals surface area contributed by atoms with Crippen molar-refractivity contribution < 1.29 is 19.5 Å². The molecule has 0 aromatic heterocycles. The maximum absolute atomic E-state index is 10.6. The summed E-state index contributed by atoms with van der Waals surface area (Å²) in [4.78, 5) is 18.4. The van der Waals surface area contributed by atoms with Crippen LogP contribution in [0.25, 0.3) is 0 Å². The molecule has 3 aliphatic rings. The second kappa shape index (κ2) is 8.23. The minimum Gasteiger partial charge on any atom is -0.449 e.